The van der Waals surface area contributed by atoms with Gasteiger partial charge < -0.3 is 0 Å². The van der Waals surface area contributed by atoms with Gasteiger partial charge in [-0.05, 0) is 36.2 Å². The van der Waals surface area contributed by atoms with Crippen LogP contribution in [0.15, 0.2) is 36.8 Å². The van der Waals surface area contributed by atoms with Gasteiger partial charge in [0, 0.05) is 16.2 Å². The van der Waals surface area contributed by atoms with Gasteiger partial charge in [0.1, 0.15) is 6.33 Å². The molecule has 0 spiro atoms. The van der Waals surface area contributed by atoms with E-state index in [1.54, 1.807) is 18.3 Å². The summed E-state index contributed by atoms with van der Waals surface area (Å²) in [6.07, 6.45) is 3.76. The average Bonchev–Trinajstić information content (AvgIpc) is 2.41. The minimum Gasteiger partial charge on any atom is -0.271 e. The van der Waals surface area contributed by atoms with Gasteiger partial charge in [0.25, 0.3) is 0 Å². The van der Waals surface area contributed by atoms with E-state index in [2.05, 4.69) is 15.4 Å². The van der Waals surface area contributed by atoms with Crippen molar-refractivity contribution in [1.82, 2.24) is 15.4 Å². The Morgan fingerprint density at radius 3 is 2.78 bits per heavy atom. The van der Waals surface area contributed by atoms with Crippen LogP contribution in [-0.4, -0.2) is 9.97 Å². The molecule has 6 heteroatoms. The van der Waals surface area contributed by atoms with Crippen LogP contribution in [0.3, 0.4) is 0 Å². The van der Waals surface area contributed by atoms with Gasteiger partial charge in [-0.2, -0.15) is 0 Å². The standard InChI is InChI=1S/C12H12Cl2N4/c13-9-1-2-10(14)8(5-9)6-12(18-15)11-3-4-16-7-17-11/h1-5,7,12,18H,6,15H2. The highest BCUT2D eigenvalue weighted by Gasteiger charge is 2.13. The lowest BCUT2D eigenvalue weighted by Crippen LogP contribution is -2.30. The van der Waals surface area contributed by atoms with Gasteiger partial charge in [-0.3, -0.25) is 11.3 Å². The van der Waals surface area contributed by atoms with Gasteiger partial charge in [-0.15, -0.1) is 0 Å². The first-order valence-corrected chi connectivity index (χ1v) is 6.12. The van der Waals surface area contributed by atoms with Crippen molar-refractivity contribution in [2.75, 3.05) is 0 Å². The van der Waals surface area contributed by atoms with Crippen molar-refractivity contribution in [2.45, 2.75) is 12.5 Å². The van der Waals surface area contributed by atoms with E-state index in [1.807, 2.05) is 12.1 Å². The number of hydrogen-bond donors (Lipinski definition) is 2. The molecule has 0 bridgehead atoms. The molecular formula is C12H12Cl2N4. The molecule has 4 nitrogen and oxygen atoms in total. The molecule has 0 saturated heterocycles. The third-order valence-corrected chi connectivity index (χ3v) is 3.20. The summed E-state index contributed by atoms with van der Waals surface area (Å²) in [5, 5.41) is 1.31. The summed E-state index contributed by atoms with van der Waals surface area (Å²) in [5.74, 6) is 5.55. The maximum absolute atomic E-state index is 6.12. The lowest BCUT2D eigenvalue weighted by molar-refractivity contribution is 0.537. The van der Waals surface area contributed by atoms with Gasteiger partial charge in [0.05, 0.1) is 11.7 Å². The van der Waals surface area contributed by atoms with Crippen molar-refractivity contribution >= 4 is 23.2 Å². The monoisotopic (exact) mass is 282 g/mol. The molecule has 1 aromatic carbocycles. The molecule has 2 aromatic rings. The quantitative estimate of drug-likeness (QED) is 0.668. The highest BCUT2D eigenvalue weighted by Crippen LogP contribution is 2.25. The van der Waals surface area contributed by atoms with E-state index < -0.39 is 0 Å². The number of hydrazine groups is 1. The van der Waals surface area contributed by atoms with E-state index in [-0.39, 0.29) is 6.04 Å². The highest BCUT2D eigenvalue weighted by molar-refractivity contribution is 6.33. The number of nitrogens with one attached hydrogen (secondary N) is 1. The molecule has 0 saturated carbocycles. The molecule has 18 heavy (non-hydrogen) atoms. The smallest absolute Gasteiger partial charge is 0.115 e. The fourth-order valence-electron chi connectivity index (χ4n) is 1.68. The Kier molecular flexibility index (Phi) is 4.49. The van der Waals surface area contributed by atoms with Gasteiger partial charge in [0.15, 0.2) is 0 Å². The van der Waals surface area contributed by atoms with E-state index in [0.717, 1.165) is 11.3 Å². The third kappa shape index (κ3) is 3.17. The SMILES string of the molecule is NNC(Cc1cc(Cl)ccc1Cl)c1ccncn1. The summed E-state index contributed by atoms with van der Waals surface area (Å²) in [6.45, 7) is 0. The molecule has 94 valence electrons. The molecule has 1 heterocycles. The van der Waals surface area contributed by atoms with Crippen molar-refractivity contribution in [1.29, 1.82) is 0 Å². The number of benzene rings is 1. The van der Waals surface area contributed by atoms with Crippen LogP contribution in [0.5, 0.6) is 0 Å². The first kappa shape index (κ1) is 13.2. The molecule has 1 unspecified atom stereocenters. The molecule has 0 amide bonds. The molecule has 0 aliphatic heterocycles. The van der Waals surface area contributed by atoms with Gasteiger partial charge in [0.2, 0.25) is 0 Å². The molecule has 1 aromatic heterocycles. The van der Waals surface area contributed by atoms with Crippen LogP contribution in [-0.2, 0) is 6.42 Å². The van der Waals surface area contributed by atoms with Crippen LogP contribution in [0, 0.1) is 0 Å². The van der Waals surface area contributed by atoms with Crippen LogP contribution in [0.1, 0.15) is 17.3 Å². The van der Waals surface area contributed by atoms with Crippen molar-refractivity contribution in [2.24, 2.45) is 5.84 Å². The normalized spacial score (nSPS) is 12.4. The number of aromatic nitrogens is 2. The highest BCUT2D eigenvalue weighted by atomic mass is 35.5. The molecule has 3 N–H and O–H groups in total. The summed E-state index contributed by atoms with van der Waals surface area (Å²) in [7, 11) is 0. The molecule has 0 fully saturated rings. The summed E-state index contributed by atoms with van der Waals surface area (Å²) >= 11 is 12.1. The molecule has 0 aliphatic rings. The largest absolute Gasteiger partial charge is 0.271 e. The van der Waals surface area contributed by atoms with Crippen molar-refractivity contribution in [3.8, 4) is 0 Å². The second kappa shape index (κ2) is 6.11. The van der Waals surface area contributed by atoms with E-state index in [0.29, 0.717) is 16.5 Å². The van der Waals surface area contributed by atoms with Gasteiger partial charge in [-0.1, -0.05) is 23.2 Å². The molecule has 2 rings (SSSR count). The zero-order valence-corrected chi connectivity index (χ0v) is 11.0. The van der Waals surface area contributed by atoms with E-state index >= 15 is 0 Å². The van der Waals surface area contributed by atoms with Gasteiger partial charge in [-0.25, -0.2) is 9.97 Å². The van der Waals surface area contributed by atoms with Crippen LogP contribution >= 0.6 is 23.2 Å². The number of rotatable bonds is 4. The van der Waals surface area contributed by atoms with Crippen molar-refractivity contribution in [3.05, 3.63) is 58.1 Å². The minimum absolute atomic E-state index is 0.135. The molecular weight excluding hydrogens is 271 g/mol. The van der Waals surface area contributed by atoms with E-state index in [4.69, 9.17) is 29.0 Å². The van der Waals surface area contributed by atoms with Crippen molar-refractivity contribution < 1.29 is 0 Å². The third-order valence-electron chi connectivity index (χ3n) is 2.59. The summed E-state index contributed by atoms with van der Waals surface area (Å²) in [6, 6.07) is 7.03. The predicted octanol–water partition coefficient (Wildman–Crippen LogP) is 2.53. The first-order valence-electron chi connectivity index (χ1n) is 5.36. The Balaban J connectivity index is 2.23. The summed E-state index contributed by atoms with van der Waals surface area (Å²) in [4.78, 5) is 8.04. The van der Waals surface area contributed by atoms with E-state index in [1.165, 1.54) is 6.33 Å². The lowest BCUT2D eigenvalue weighted by atomic mass is 10.0. The zero-order chi connectivity index (χ0) is 13.0. The predicted molar refractivity (Wildman–Crippen MR) is 72.3 cm³/mol. The van der Waals surface area contributed by atoms with Gasteiger partial charge >= 0.3 is 0 Å². The number of nitrogens with zero attached hydrogens (tertiary/aromatic N) is 2. The Bertz CT molecular complexity index is 519. The second-order valence-electron chi connectivity index (χ2n) is 3.79. The Labute approximate surface area is 115 Å². The first-order chi connectivity index (χ1) is 8.70. The topological polar surface area (TPSA) is 63.8 Å². The Hall–Kier alpha value is -1.20. The summed E-state index contributed by atoms with van der Waals surface area (Å²) in [5.41, 5.74) is 4.45. The minimum atomic E-state index is -0.135. The number of halogens is 2. The van der Waals surface area contributed by atoms with Crippen LogP contribution < -0.4 is 11.3 Å². The molecule has 1 atom stereocenters. The fraction of sp³-hybridized carbons (Fsp3) is 0.167. The Morgan fingerprint density at radius 2 is 2.11 bits per heavy atom. The number of hydrogen-bond acceptors (Lipinski definition) is 4. The zero-order valence-electron chi connectivity index (χ0n) is 9.48. The molecule has 0 aliphatic carbocycles. The maximum atomic E-state index is 6.12. The maximum Gasteiger partial charge on any atom is 0.115 e. The van der Waals surface area contributed by atoms with E-state index in [9.17, 15) is 0 Å². The van der Waals surface area contributed by atoms with Crippen LogP contribution in [0.4, 0.5) is 0 Å². The molecule has 0 radical (unpaired) electrons. The van der Waals surface area contributed by atoms with Crippen LogP contribution in [0.25, 0.3) is 0 Å². The number of nitrogens with two attached hydrogens (primary N) is 1. The fourth-order valence-corrected chi connectivity index (χ4v) is 2.06. The van der Waals surface area contributed by atoms with Crippen molar-refractivity contribution in [3.63, 3.8) is 0 Å². The van der Waals surface area contributed by atoms with Crippen LogP contribution in [0.2, 0.25) is 10.0 Å². The Morgan fingerprint density at radius 1 is 1.28 bits per heavy atom. The summed E-state index contributed by atoms with van der Waals surface area (Å²) < 4.78 is 0. The lowest BCUT2D eigenvalue weighted by Gasteiger charge is -2.16. The average molecular weight is 283 g/mol. The second-order valence-corrected chi connectivity index (χ2v) is 4.64.